The van der Waals surface area contributed by atoms with Gasteiger partial charge in [0.25, 0.3) is 0 Å². The number of hydrogen-bond donors (Lipinski definition) is 2. The summed E-state index contributed by atoms with van der Waals surface area (Å²) in [5, 5.41) is 12.4. The number of nitrogens with one attached hydrogen (secondary N) is 1. The van der Waals surface area contributed by atoms with Gasteiger partial charge in [-0.2, -0.15) is 0 Å². The van der Waals surface area contributed by atoms with Gasteiger partial charge in [0.2, 0.25) is 5.91 Å². The third-order valence-corrected chi connectivity index (χ3v) is 9.13. The van der Waals surface area contributed by atoms with Gasteiger partial charge in [0.05, 0.1) is 7.11 Å². The van der Waals surface area contributed by atoms with Crippen LogP contribution in [0.5, 0.6) is 11.5 Å². The molecule has 5 heteroatoms. The number of carbonyl (C=O) groups excluding carboxylic acids is 2. The van der Waals surface area contributed by atoms with Gasteiger partial charge in [-0.3, -0.25) is 9.59 Å². The molecule has 3 aliphatic carbocycles. The van der Waals surface area contributed by atoms with Crippen LogP contribution in [-0.4, -0.2) is 30.5 Å². The van der Waals surface area contributed by atoms with Gasteiger partial charge in [0, 0.05) is 24.8 Å². The molecule has 2 N–H and O–H groups in total. The van der Waals surface area contributed by atoms with Crippen molar-refractivity contribution in [2.45, 2.75) is 70.6 Å². The molecule has 2 fully saturated rings. The van der Waals surface area contributed by atoms with Crippen LogP contribution < -0.4 is 10.1 Å². The summed E-state index contributed by atoms with van der Waals surface area (Å²) in [6.07, 6.45) is 7.92. The third-order valence-electron chi connectivity index (χ3n) is 9.13. The van der Waals surface area contributed by atoms with Crippen LogP contribution in [0.2, 0.25) is 0 Å². The van der Waals surface area contributed by atoms with Crippen molar-refractivity contribution in [3.05, 3.63) is 58.7 Å². The number of rotatable bonds is 7. The van der Waals surface area contributed by atoms with E-state index >= 15 is 0 Å². The van der Waals surface area contributed by atoms with Crippen LogP contribution >= 0.6 is 0 Å². The Labute approximate surface area is 208 Å². The second kappa shape index (κ2) is 9.67. The number of phenolic OH excluding ortho intramolecular Hbond substituents is 1. The van der Waals surface area contributed by atoms with Gasteiger partial charge >= 0.3 is 0 Å². The molecule has 2 aromatic rings. The van der Waals surface area contributed by atoms with Crippen LogP contribution in [0.3, 0.4) is 0 Å². The lowest BCUT2D eigenvalue weighted by molar-refractivity contribution is -0.129. The molecule has 0 spiro atoms. The van der Waals surface area contributed by atoms with Gasteiger partial charge in [-0.05, 0) is 103 Å². The van der Waals surface area contributed by atoms with Crippen molar-refractivity contribution in [1.82, 2.24) is 5.32 Å². The smallest absolute Gasteiger partial charge is 0.220 e. The van der Waals surface area contributed by atoms with Gasteiger partial charge < -0.3 is 15.2 Å². The van der Waals surface area contributed by atoms with E-state index in [0.29, 0.717) is 42.9 Å². The molecule has 5 nitrogen and oxygen atoms in total. The first-order valence-electron chi connectivity index (χ1n) is 13.2. The van der Waals surface area contributed by atoms with Gasteiger partial charge in [-0.25, -0.2) is 0 Å². The van der Waals surface area contributed by atoms with E-state index in [1.54, 1.807) is 19.2 Å². The van der Waals surface area contributed by atoms with Crippen molar-refractivity contribution in [3.8, 4) is 11.5 Å². The van der Waals surface area contributed by atoms with Crippen molar-refractivity contribution >= 4 is 11.7 Å². The monoisotopic (exact) mass is 475 g/mol. The molecule has 186 valence electrons. The Hall–Kier alpha value is -2.82. The Morgan fingerprint density at radius 1 is 1.11 bits per heavy atom. The van der Waals surface area contributed by atoms with E-state index in [-0.39, 0.29) is 17.1 Å². The van der Waals surface area contributed by atoms with E-state index < -0.39 is 0 Å². The Kier molecular flexibility index (Phi) is 6.61. The number of aryl methyl sites for hydroxylation is 2. The predicted octanol–water partition coefficient (Wildman–Crippen LogP) is 5.12. The van der Waals surface area contributed by atoms with E-state index in [4.69, 9.17) is 4.74 Å². The summed E-state index contributed by atoms with van der Waals surface area (Å²) in [5.41, 5.74) is 4.91. The fourth-order valence-corrected chi connectivity index (χ4v) is 7.15. The zero-order chi connectivity index (χ0) is 24.6. The Morgan fingerprint density at radius 2 is 1.91 bits per heavy atom. The number of phenols is 1. The van der Waals surface area contributed by atoms with Crippen molar-refractivity contribution < 1.29 is 19.4 Å². The maximum Gasteiger partial charge on any atom is 0.220 e. The molecule has 3 aliphatic rings. The summed E-state index contributed by atoms with van der Waals surface area (Å²) >= 11 is 0. The number of carbonyl (C=O) groups is 2. The van der Waals surface area contributed by atoms with Gasteiger partial charge in [0.1, 0.15) is 17.3 Å². The Bertz CT molecular complexity index is 1110. The molecular weight excluding hydrogens is 438 g/mol. The predicted molar refractivity (Wildman–Crippen MR) is 136 cm³/mol. The van der Waals surface area contributed by atoms with Crippen LogP contribution in [-0.2, 0) is 28.9 Å². The number of methoxy groups -OCH3 is 1. The summed E-state index contributed by atoms with van der Waals surface area (Å²) in [6.45, 7) is 2.80. The number of benzene rings is 2. The second-order valence-electron chi connectivity index (χ2n) is 11.0. The molecule has 0 aromatic heterocycles. The second-order valence-corrected chi connectivity index (χ2v) is 11.0. The largest absolute Gasteiger partial charge is 0.508 e. The van der Waals surface area contributed by atoms with Crippen LogP contribution in [0.15, 0.2) is 36.4 Å². The lowest BCUT2D eigenvalue weighted by Gasteiger charge is -2.48. The van der Waals surface area contributed by atoms with Crippen molar-refractivity contribution in [2.24, 2.45) is 17.3 Å². The fourth-order valence-electron chi connectivity index (χ4n) is 7.15. The number of ketones is 1. The summed E-state index contributed by atoms with van der Waals surface area (Å²) in [7, 11) is 1.71. The van der Waals surface area contributed by atoms with E-state index in [9.17, 15) is 14.7 Å². The maximum atomic E-state index is 12.6. The zero-order valence-corrected chi connectivity index (χ0v) is 20.9. The van der Waals surface area contributed by atoms with E-state index in [0.717, 1.165) is 61.8 Å². The summed E-state index contributed by atoms with van der Waals surface area (Å²) < 4.78 is 5.73. The molecule has 0 saturated heterocycles. The fraction of sp³-hybridized carbons (Fsp3) is 0.533. The molecule has 0 heterocycles. The highest BCUT2D eigenvalue weighted by atomic mass is 16.5. The summed E-state index contributed by atoms with van der Waals surface area (Å²) in [4.78, 5) is 25.2. The van der Waals surface area contributed by atoms with E-state index in [1.165, 1.54) is 11.1 Å². The summed E-state index contributed by atoms with van der Waals surface area (Å²) in [5.74, 6) is 3.30. The van der Waals surface area contributed by atoms with Crippen LogP contribution in [0.1, 0.15) is 73.6 Å². The first-order valence-corrected chi connectivity index (χ1v) is 13.2. The van der Waals surface area contributed by atoms with Crippen molar-refractivity contribution in [2.75, 3.05) is 13.7 Å². The number of amides is 1. The number of hydrogen-bond acceptors (Lipinski definition) is 4. The highest BCUT2D eigenvalue weighted by molar-refractivity contribution is 5.87. The quantitative estimate of drug-likeness (QED) is 0.583. The van der Waals surface area contributed by atoms with Gasteiger partial charge in [-0.1, -0.05) is 25.1 Å². The first-order chi connectivity index (χ1) is 16.9. The molecule has 1 amide bonds. The highest BCUT2D eigenvalue weighted by Crippen LogP contribution is 2.59. The Morgan fingerprint density at radius 3 is 2.69 bits per heavy atom. The van der Waals surface area contributed by atoms with E-state index in [1.807, 2.05) is 12.1 Å². The summed E-state index contributed by atoms with van der Waals surface area (Å²) in [6, 6.07) is 11.6. The van der Waals surface area contributed by atoms with Crippen LogP contribution in [0.4, 0.5) is 0 Å². The SMILES string of the molecule is COc1cc2c(cc1CCC(=O)NCCc1ccc(O)cc1)C1CC[C@]3(C)C(=O)CCC3C1CC2. The van der Waals surface area contributed by atoms with Crippen LogP contribution in [0.25, 0.3) is 0 Å². The normalized spacial score (nSPS) is 27.0. The molecular formula is C30H37NO4. The molecule has 2 aromatic carbocycles. The first kappa shape index (κ1) is 23.9. The van der Waals surface area contributed by atoms with Crippen LogP contribution in [0, 0.1) is 17.3 Å². The average Bonchev–Trinajstić information content (AvgIpc) is 3.17. The average molecular weight is 476 g/mol. The minimum absolute atomic E-state index is 0.0410. The third kappa shape index (κ3) is 4.57. The molecule has 35 heavy (non-hydrogen) atoms. The molecule has 2 saturated carbocycles. The van der Waals surface area contributed by atoms with Gasteiger partial charge in [-0.15, -0.1) is 0 Å². The standard InChI is InChI=1S/C30H37NO4/c1-30-15-13-23-24(26(30)10-11-28(30)33)9-5-20-18-27(35-2)21(17-25(20)23)6-12-29(34)31-16-14-19-3-7-22(32)8-4-19/h3-4,7-8,17-18,23-24,26,32H,5-6,9-16H2,1-2H3,(H,31,34)/t23?,24?,26?,30-/m0/s1. The minimum Gasteiger partial charge on any atom is -0.508 e. The van der Waals surface area contributed by atoms with Crippen molar-refractivity contribution in [1.29, 1.82) is 0 Å². The highest BCUT2D eigenvalue weighted by Gasteiger charge is 2.54. The molecule has 3 unspecified atom stereocenters. The van der Waals surface area contributed by atoms with Gasteiger partial charge in [0.15, 0.2) is 0 Å². The Balaban J connectivity index is 1.24. The lowest BCUT2D eigenvalue weighted by Crippen LogP contribution is -2.42. The van der Waals surface area contributed by atoms with Crippen molar-refractivity contribution in [3.63, 3.8) is 0 Å². The maximum absolute atomic E-state index is 12.6. The zero-order valence-electron chi connectivity index (χ0n) is 20.9. The lowest BCUT2D eigenvalue weighted by atomic mass is 9.55. The number of Topliss-reactive ketones (excluding diaryl/α,β-unsaturated/α-hetero) is 1. The number of fused-ring (bicyclic) bond motifs is 5. The molecule has 4 atom stereocenters. The minimum atomic E-state index is -0.105. The molecule has 5 rings (SSSR count). The topological polar surface area (TPSA) is 75.6 Å². The molecule has 0 aliphatic heterocycles. The van der Waals surface area contributed by atoms with E-state index in [2.05, 4.69) is 24.4 Å². The molecule has 0 radical (unpaired) electrons. The number of aromatic hydroxyl groups is 1. The molecule has 0 bridgehead atoms. The number of ether oxygens (including phenoxy) is 1.